The van der Waals surface area contributed by atoms with Crippen molar-refractivity contribution in [1.29, 1.82) is 0 Å². The van der Waals surface area contributed by atoms with Crippen molar-refractivity contribution in [2.45, 2.75) is 12.8 Å². The van der Waals surface area contributed by atoms with Crippen LogP contribution in [0.3, 0.4) is 0 Å². The van der Waals surface area contributed by atoms with Gasteiger partial charge in [0.25, 0.3) is 0 Å². The van der Waals surface area contributed by atoms with Gasteiger partial charge in [-0.2, -0.15) is 0 Å². The van der Waals surface area contributed by atoms with E-state index in [0.29, 0.717) is 5.88 Å². The van der Waals surface area contributed by atoms with Crippen LogP contribution in [-0.2, 0) is 5.88 Å². The third-order valence-electron chi connectivity index (χ3n) is 2.80. The smallest absolute Gasteiger partial charge is 0.139 e. The summed E-state index contributed by atoms with van der Waals surface area (Å²) in [5.74, 6) is 0.525. The molecule has 4 heteroatoms. The number of alkyl halides is 1. The van der Waals surface area contributed by atoms with Crippen LogP contribution in [-0.4, -0.2) is 9.97 Å². The second-order valence-corrected chi connectivity index (χ2v) is 5.37. The van der Waals surface area contributed by atoms with Crippen molar-refractivity contribution in [3.8, 4) is 10.7 Å². The molecule has 0 saturated carbocycles. The molecule has 0 fully saturated rings. The van der Waals surface area contributed by atoms with Gasteiger partial charge in [-0.1, -0.05) is 12.1 Å². The van der Waals surface area contributed by atoms with Crippen LogP contribution in [0.15, 0.2) is 30.5 Å². The molecule has 3 rings (SSSR count). The summed E-state index contributed by atoms with van der Waals surface area (Å²) in [6, 6.07) is 8.42. The number of fused-ring (bicyclic) bond motifs is 1. The molecule has 2 aromatic heterocycles. The van der Waals surface area contributed by atoms with E-state index in [1.807, 2.05) is 6.20 Å². The molecule has 1 N–H and O–H groups in total. The van der Waals surface area contributed by atoms with Gasteiger partial charge in [-0.25, -0.2) is 4.98 Å². The molecule has 0 saturated heterocycles. The Morgan fingerprint density at radius 1 is 1.41 bits per heavy atom. The van der Waals surface area contributed by atoms with Crippen LogP contribution in [0.2, 0.25) is 0 Å². The van der Waals surface area contributed by atoms with Gasteiger partial charge >= 0.3 is 0 Å². The first-order valence-electron chi connectivity index (χ1n) is 5.37. The van der Waals surface area contributed by atoms with Gasteiger partial charge in [-0.05, 0) is 24.6 Å². The van der Waals surface area contributed by atoms with Crippen LogP contribution < -0.4 is 0 Å². The zero-order valence-electron chi connectivity index (χ0n) is 9.33. The molecule has 0 atom stereocenters. The number of aryl methyl sites for hydroxylation is 1. The first kappa shape index (κ1) is 10.8. The summed E-state index contributed by atoms with van der Waals surface area (Å²) in [6.45, 7) is 2.12. The minimum absolute atomic E-state index is 0.525. The predicted molar refractivity (Wildman–Crippen MR) is 73.7 cm³/mol. The Morgan fingerprint density at radius 3 is 3.00 bits per heavy atom. The van der Waals surface area contributed by atoms with Crippen molar-refractivity contribution >= 4 is 33.8 Å². The lowest BCUT2D eigenvalue weighted by atomic mass is 10.1. The molecule has 0 aliphatic carbocycles. The molecule has 86 valence electrons. The number of H-pyrrole nitrogens is 1. The van der Waals surface area contributed by atoms with Crippen molar-refractivity contribution in [2.24, 2.45) is 0 Å². The molecular formula is C13H11ClN2S. The van der Waals surface area contributed by atoms with Gasteiger partial charge in [0, 0.05) is 22.0 Å². The SMILES string of the molecule is Cc1cccc2[nH]c(-c3ncc(CCl)s3)cc12. The molecule has 0 spiro atoms. The Bertz CT molecular complexity index is 669. The van der Waals surface area contributed by atoms with E-state index in [2.05, 4.69) is 41.2 Å². The van der Waals surface area contributed by atoms with Crippen molar-refractivity contribution in [3.63, 3.8) is 0 Å². The number of rotatable bonds is 2. The maximum atomic E-state index is 5.79. The van der Waals surface area contributed by atoms with Crippen molar-refractivity contribution in [1.82, 2.24) is 9.97 Å². The van der Waals surface area contributed by atoms with Crippen LogP contribution in [0.5, 0.6) is 0 Å². The number of aromatic nitrogens is 2. The highest BCUT2D eigenvalue weighted by Gasteiger charge is 2.08. The van der Waals surface area contributed by atoms with Gasteiger partial charge in [-0.3, -0.25) is 0 Å². The van der Waals surface area contributed by atoms with Crippen molar-refractivity contribution in [2.75, 3.05) is 0 Å². The maximum Gasteiger partial charge on any atom is 0.139 e. The zero-order valence-corrected chi connectivity index (χ0v) is 10.9. The van der Waals surface area contributed by atoms with Gasteiger partial charge in [0.2, 0.25) is 0 Å². The average molecular weight is 263 g/mol. The Labute approximate surface area is 108 Å². The van der Waals surface area contributed by atoms with Crippen LogP contribution in [0.25, 0.3) is 21.6 Å². The minimum Gasteiger partial charge on any atom is -0.353 e. The quantitative estimate of drug-likeness (QED) is 0.684. The third kappa shape index (κ3) is 1.85. The van der Waals surface area contributed by atoms with E-state index in [1.54, 1.807) is 11.3 Å². The van der Waals surface area contributed by atoms with E-state index < -0.39 is 0 Å². The number of benzene rings is 1. The Balaban J connectivity index is 2.14. The summed E-state index contributed by atoms with van der Waals surface area (Å²) in [5, 5.41) is 2.25. The summed E-state index contributed by atoms with van der Waals surface area (Å²) < 4.78 is 0. The fraction of sp³-hybridized carbons (Fsp3) is 0.154. The topological polar surface area (TPSA) is 28.7 Å². The van der Waals surface area contributed by atoms with Crippen LogP contribution in [0.4, 0.5) is 0 Å². The molecule has 1 aromatic carbocycles. The zero-order chi connectivity index (χ0) is 11.8. The molecule has 0 unspecified atom stereocenters. The molecule has 0 amide bonds. The lowest BCUT2D eigenvalue weighted by Gasteiger charge is -1.92. The molecular weight excluding hydrogens is 252 g/mol. The van der Waals surface area contributed by atoms with E-state index in [4.69, 9.17) is 11.6 Å². The normalized spacial score (nSPS) is 11.2. The largest absolute Gasteiger partial charge is 0.353 e. The summed E-state index contributed by atoms with van der Waals surface area (Å²) in [7, 11) is 0. The predicted octanol–water partition coefficient (Wildman–Crippen LogP) is 4.34. The van der Waals surface area contributed by atoms with Crippen LogP contribution in [0, 0.1) is 6.92 Å². The van der Waals surface area contributed by atoms with Crippen LogP contribution >= 0.6 is 22.9 Å². The standard InChI is InChI=1S/C13H11ClN2S/c1-8-3-2-4-11-10(8)5-12(16-11)13-15-7-9(6-14)17-13/h2-5,7,16H,6H2,1H3. The van der Waals surface area contributed by atoms with Gasteiger partial charge < -0.3 is 4.98 Å². The highest BCUT2D eigenvalue weighted by atomic mass is 35.5. The fourth-order valence-corrected chi connectivity index (χ4v) is 2.88. The highest BCUT2D eigenvalue weighted by molar-refractivity contribution is 7.15. The third-order valence-corrected chi connectivity index (χ3v) is 4.27. The van der Waals surface area contributed by atoms with E-state index >= 15 is 0 Å². The molecule has 3 aromatic rings. The summed E-state index contributed by atoms with van der Waals surface area (Å²) in [5.41, 5.74) is 3.50. The number of nitrogens with one attached hydrogen (secondary N) is 1. The Hall–Kier alpha value is -1.32. The van der Waals surface area contributed by atoms with Gasteiger partial charge in [0.1, 0.15) is 5.01 Å². The first-order valence-corrected chi connectivity index (χ1v) is 6.72. The number of nitrogens with zero attached hydrogens (tertiary/aromatic N) is 1. The summed E-state index contributed by atoms with van der Waals surface area (Å²) in [4.78, 5) is 8.87. The summed E-state index contributed by atoms with van der Waals surface area (Å²) >= 11 is 7.42. The first-order chi connectivity index (χ1) is 8.28. The Morgan fingerprint density at radius 2 is 2.29 bits per heavy atom. The molecule has 17 heavy (non-hydrogen) atoms. The van der Waals surface area contributed by atoms with Gasteiger partial charge in [0.15, 0.2) is 0 Å². The minimum atomic E-state index is 0.525. The molecule has 0 aliphatic heterocycles. The second kappa shape index (κ2) is 4.17. The number of hydrogen-bond acceptors (Lipinski definition) is 2. The molecule has 0 radical (unpaired) electrons. The molecule has 0 bridgehead atoms. The van der Waals surface area contributed by atoms with Gasteiger partial charge in [0.05, 0.1) is 11.6 Å². The molecule has 2 nitrogen and oxygen atoms in total. The van der Waals surface area contributed by atoms with E-state index in [0.717, 1.165) is 21.1 Å². The van der Waals surface area contributed by atoms with E-state index in [9.17, 15) is 0 Å². The monoisotopic (exact) mass is 262 g/mol. The van der Waals surface area contributed by atoms with Crippen molar-refractivity contribution in [3.05, 3.63) is 40.9 Å². The van der Waals surface area contributed by atoms with Gasteiger partial charge in [-0.15, -0.1) is 22.9 Å². The van der Waals surface area contributed by atoms with E-state index in [-0.39, 0.29) is 0 Å². The van der Waals surface area contributed by atoms with Crippen LogP contribution in [0.1, 0.15) is 10.4 Å². The highest BCUT2D eigenvalue weighted by Crippen LogP contribution is 2.29. The average Bonchev–Trinajstić information content (AvgIpc) is 2.95. The number of aromatic amines is 1. The number of hydrogen-bond donors (Lipinski definition) is 1. The molecule has 2 heterocycles. The molecule has 0 aliphatic rings. The second-order valence-electron chi connectivity index (χ2n) is 3.98. The lowest BCUT2D eigenvalue weighted by molar-refractivity contribution is 1.34. The van der Waals surface area contributed by atoms with E-state index in [1.165, 1.54) is 10.9 Å². The summed E-state index contributed by atoms with van der Waals surface area (Å²) in [6.07, 6.45) is 1.84. The number of thiazole rings is 1. The van der Waals surface area contributed by atoms with Crippen molar-refractivity contribution < 1.29 is 0 Å². The fourth-order valence-electron chi connectivity index (χ4n) is 1.92. The lowest BCUT2D eigenvalue weighted by Crippen LogP contribution is -1.72. The Kier molecular flexibility index (Phi) is 2.65. The maximum absolute atomic E-state index is 5.79. The number of halogens is 1.